The molecule has 2 aromatic heterocycles. The molecule has 4 aromatic rings. The van der Waals surface area contributed by atoms with Crippen LogP contribution in [-0.2, 0) is 4.79 Å². The molecule has 0 bridgehead atoms. The van der Waals surface area contributed by atoms with Crippen molar-refractivity contribution in [3.63, 3.8) is 0 Å². The summed E-state index contributed by atoms with van der Waals surface area (Å²) in [5.74, 6) is 1.59. The lowest BCUT2D eigenvalue weighted by molar-refractivity contribution is -0.119. The summed E-state index contributed by atoms with van der Waals surface area (Å²) in [6.07, 6.45) is 3.34. The summed E-state index contributed by atoms with van der Waals surface area (Å²) < 4.78 is 2.02. The normalized spacial score (nSPS) is 14.9. The van der Waals surface area contributed by atoms with Crippen LogP contribution in [0.5, 0.6) is 0 Å². The second-order valence-corrected chi connectivity index (χ2v) is 8.57. The molecule has 1 aliphatic rings. The lowest BCUT2D eigenvalue weighted by Crippen LogP contribution is -2.11. The van der Waals surface area contributed by atoms with Gasteiger partial charge >= 0.3 is 0 Å². The van der Waals surface area contributed by atoms with E-state index in [4.69, 9.17) is 16.6 Å². The quantitative estimate of drug-likeness (QED) is 0.426. The first kappa shape index (κ1) is 21.3. The molecule has 0 unspecified atom stereocenters. The molecule has 1 N–H and O–H groups in total. The van der Waals surface area contributed by atoms with Crippen LogP contribution in [0.2, 0.25) is 5.02 Å². The van der Waals surface area contributed by atoms with Gasteiger partial charge in [0.25, 0.3) is 0 Å². The maximum atomic E-state index is 12.7. The SMILES string of the molecule is CCCC(=O)C[C@@H]1N=C(c2ccc(Cl)cc2)c2cc(-c3ccn[nH]3)ccc2-n2c(C)nnc21. The van der Waals surface area contributed by atoms with Gasteiger partial charge in [0.1, 0.15) is 17.6 Å². The van der Waals surface area contributed by atoms with Gasteiger partial charge in [-0.05, 0) is 43.7 Å². The van der Waals surface area contributed by atoms with Crippen molar-refractivity contribution in [1.82, 2.24) is 25.0 Å². The van der Waals surface area contributed by atoms with E-state index in [0.29, 0.717) is 17.3 Å². The summed E-state index contributed by atoms with van der Waals surface area (Å²) in [5, 5.41) is 16.5. The Morgan fingerprint density at radius 3 is 2.61 bits per heavy atom. The van der Waals surface area contributed by atoms with E-state index in [1.54, 1.807) is 6.20 Å². The first-order chi connectivity index (χ1) is 16.0. The number of carbonyl (C=O) groups excluding carboxylic acids is 1. The Morgan fingerprint density at radius 1 is 1.09 bits per heavy atom. The molecule has 7 nitrogen and oxygen atoms in total. The number of aromatic amines is 1. The van der Waals surface area contributed by atoms with E-state index in [9.17, 15) is 4.79 Å². The van der Waals surface area contributed by atoms with E-state index in [0.717, 1.165) is 46.0 Å². The van der Waals surface area contributed by atoms with Crippen LogP contribution in [0, 0.1) is 6.92 Å². The third kappa shape index (κ3) is 4.00. The number of aliphatic imine (C=N–C) groups is 1. The Hall–Kier alpha value is -3.58. The number of ketones is 1. The summed E-state index contributed by atoms with van der Waals surface area (Å²) in [6.45, 7) is 3.92. The average molecular weight is 459 g/mol. The molecule has 2 aromatic carbocycles. The highest BCUT2D eigenvalue weighted by molar-refractivity contribution is 6.30. The summed E-state index contributed by atoms with van der Waals surface area (Å²) in [6, 6.07) is 15.3. The predicted octanol–water partition coefficient (Wildman–Crippen LogP) is 5.27. The average Bonchev–Trinajstić information content (AvgIpc) is 3.45. The van der Waals surface area contributed by atoms with Crippen LogP contribution >= 0.6 is 11.6 Å². The van der Waals surface area contributed by atoms with Crippen LogP contribution in [0.3, 0.4) is 0 Å². The molecule has 0 radical (unpaired) electrons. The topological polar surface area (TPSA) is 88.8 Å². The Kier molecular flexibility index (Phi) is 5.64. The van der Waals surface area contributed by atoms with Gasteiger partial charge in [-0.2, -0.15) is 5.10 Å². The molecule has 1 atom stereocenters. The van der Waals surface area contributed by atoms with Crippen LogP contribution in [0.1, 0.15) is 55.0 Å². The molecule has 0 spiro atoms. The number of halogens is 1. The monoisotopic (exact) mass is 458 g/mol. The minimum atomic E-state index is -0.432. The fourth-order valence-corrected chi connectivity index (χ4v) is 4.38. The summed E-state index contributed by atoms with van der Waals surface area (Å²) in [4.78, 5) is 17.8. The molecule has 0 amide bonds. The smallest absolute Gasteiger partial charge is 0.162 e. The zero-order valence-corrected chi connectivity index (χ0v) is 19.2. The predicted molar refractivity (Wildman–Crippen MR) is 128 cm³/mol. The van der Waals surface area contributed by atoms with Crippen molar-refractivity contribution in [2.24, 2.45) is 4.99 Å². The lowest BCUT2D eigenvalue weighted by atomic mass is 9.97. The van der Waals surface area contributed by atoms with Crippen molar-refractivity contribution < 1.29 is 4.79 Å². The molecule has 0 saturated carbocycles. The highest BCUT2D eigenvalue weighted by Gasteiger charge is 2.29. The minimum absolute atomic E-state index is 0.165. The largest absolute Gasteiger partial charge is 0.300 e. The molecular formula is C25H23ClN6O. The van der Waals surface area contributed by atoms with Gasteiger partial charge in [-0.15, -0.1) is 10.2 Å². The number of hydrogen-bond donors (Lipinski definition) is 1. The van der Waals surface area contributed by atoms with Crippen LogP contribution in [-0.4, -0.2) is 36.5 Å². The first-order valence-corrected chi connectivity index (χ1v) is 11.3. The van der Waals surface area contributed by atoms with E-state index < -0.39 is 6.04 Å². The number of H-pyrrole nitrogens is 1. The minimum Gasteiger partial charge on any atom is -0.300 e. The van der Waals surface area contributed by atoms with Crippen LogP contribution in [0.15, 0.2) is 59.7 Å². The van der Waals surface area contributed by atoms with Gasteiger partial charge in [-0.3, -0.25) is 19.5 Å². The lowest BCUT2D eigenvalue weighted by Gasteiger charge is -2.14. The molecule has 5 rings (SSSR count). The second kappa shape index (κ2) is 8.75. The van der Waals surface area contributed by atoms with Gasteiger partial charge in [0.05, 0.1) is 17.1 Å². The fraction of sp³-hybridized carbons (Fsp3) is 0.240. The number of Topliss-reactive ketones (excluding diaryl/α,β-unsaturated/α-hetero) is 1. The molecular weight excluding hydrogens is 436 g/mol. The molecule has 0 aliphatic carbocycles. The summed E-state index contributed by atoms with van der Waals surface area (Å²) >= 11 is 6.17. The van der Waals surface area contributed by atoms with Crippen LogP contribution in [0.25, 0.3) is 16.9 Å². The Labute approximate surface area is 196 Å². The van der Waals surface area contributed by atoms with Gasteiger partial charge < -0.3 is 0 Å². The highest BCUT2D eigenvalue weighted by Crippen LogP contribution is 2.35. The summed E-state index contributed by atoms with van der Waals surface area (Å²) in [7, 11) is 0. The first-order valence-electron chi connectivity index (χ1n) is 11.0. The molecule has 3 heterocycles. The van der Waals surface area contributed by atoms with E-state index in [-0.39, 0.29) is 12.2 Å². The van der Waals surface area contributed by atoms with Crippen molar-refractivity contribution in [2.45, 2.75) is 39.2 Å². The Balaban J connectivity index is 1.75. The second-order valence-electron chi connectivity index (χ2n) is 8.14. The van der Waals surface area contributed by atoms with Gasteiger partial charge in [0, 0.05) is 40.8 Å². The number of aryl methyl sites for hydroxylation is 1. The Morgan fingerprint density at radius 2 is 1.88 bits per heavy atom. The van der Waals surface area contributed by atoms with E-state index >= 15 is 0 Å². The molecule has 8 heteroatoms. The molecule has 0 fully saturated rings. The molecule has 1 aliphatic heterocycles. The standard InChI is InChI=1S/C25H23ClN6O/c1-3-4-19(33)14-22-25-31-29-15(2)32(25)23-10-7-17(21-11-12-27-30-21)13-20(23)24(28-22)16-5-8-18(26)9-6-16/h5-13,22H,3-4,14H2,1-2H3,(H,27,30)/t22-/m0/s1. The van der Waals surface area contributed by atoms with E-state index in [1.165, 1.54) is 0 Å². The van der Waals surface area contributed by atoms with Crippen molar-refractivity contribution in [1.29, 1.82) is 0 Å². The van der Waals surface area contributed by atoms with Crippen LogP contribution in [0.4, 0.5) is 0 Å². The maximum Gasteiger partial charge on any atom is 0.162 e. The molecule has 166 valence electrons. The van der Waals surface area contributed by atoms with Gasteiger partial charge in [0.2, 0.25) is 0 Å². The van der Waals surface area contributed by atoms with Crippen molar-refractivity contribution in [3.05, 3.63) is 82.5 Å². The third-order valence-electron chi connectivity index (χ3n) is 5.80. The number of hydrogen-bond acceptors (Lipinski definition) is 5. The Bertz CT molecular complexity index is 1340. The van der Waals surface area contributed by atoms with Crippen molar-refractivity contribution in [3.8, 4) is 16.9 Å². The van der Waals surface area contributed by atoms with E-state index in [2.05, 4.69) is 26.5 Å². The van der Waals surface area contributed by atoms with E-state index in [1.807, 2.05) is 60.9 Å². The number of aromatic nitrogens is 5. The van der Waals surface area contributed by atoms with Gasteiger partial charge in [0.15, 0.2) is 5.82 Å². The number of benzene rings is 2. The number of fused-ring (bicyclic) bond motifs is 3. The molecule has 0 saturated heterocycles. The van der Waals surface area contributed by atoms with Crippen molar-refractivity contribution in [2.75, 3.05) is 0 Å². The maximum absolute atomic E-state index is 12.7. The number of rotatable bonds is 6. The number of nitrogens with one attached hydrogen (secondary N) is 1. The summed E-state index contributed by atoms with van der Waals surface area (Å²) in [5.41, 5.74) is 5.47. The highest BCUT2D eigenvalue weighted by atomic mass is 35.5. The molecule has 33 heavy (non-hydrogen) atoms. The van der Waals surface area contributed by atoms with Gasteiger partial charge in [-0.25, -0.2) is 0 Å². The van der Waals surface area contributed by atoms with Crippen molar-refractivity contribution >= 4 is 23.1 Å². The number of carbonyl (C=O) groups is 1. The number of nitrogens with zero attached hydrogens (tertiary/aromatic N) is 5. The zero-order chi connectivity index (χ0) is 22.9. The fourth-order valence-electron chi connectivity index (χ4n) is 4.25. The zero-order valence-electron chi connectivity index (χ0n) is 18.4. The third-order valence-corrected chi connectivity index (χ3v) is 6.06. The van der Waals surface area contributed by atoms with Crippen LogP contribution < -0.4 is 0 Å². The van der Waals surface area contributed by atoms with Gasteiger partial charge in [-0.1, -0.05) is 36.7 Å².